The quantitative estimate of drug-likeness (QED) is 0.381. The third-order valence-corrected chi connectivity index (χ3v) is 7.04. The lowest BCUT2D eigenvalue weighted by Gasteiger charge is -2.39. The number of piperidine rings is 1. The third-order valence-electron chi connectivity index (χ3n) is 7.04. The molecule has 1 fully saturated rings. The topological polar surface area (TPSA) is 92.8 Å². The standard InChI is InChI=1S/C28H37NO8/c1-29-19(15-21(30)17-11-23(32-2)27(36-6)24(12-17)33-3)9-8-10-20(29)16-22(31)18-13-25(34-4)28(37-7)26(14-18)35-5/h11-14,19-20H,8-10,15-16H2,1-7H3/t19-,20-/m1/s1. The summed E-state index contributed by atoms with van der Waals surface area (Å²) >= 11 is 0. The number of benzene rings is 2. The first kappa shape index (κ1) is 28.1. The first-order chi connectivity index (χ1) is 17.8. The Morgan fingerprint density at radius 1 is 0.649 bits per heavy atom. The monoisotopic (exact) mass is 515 g/mol. The van der Waals surface area contributed by atoms with E-state index in [4.69, 9.17) is 28.4 Å². The minimum Gasteiger partial charge on any atom is -0.493 e. The van der Waals surface area contributed by atoms with Gasteiger partial charge in [0.25, 0.3) is 0 Å². The maximum Gasteiger partial charge on any atom is 0.203 e. The fourth-order valence-corrected chi connectivity index (χ4v) is 4.93. The minimum atomic E-state index is -0.0206. The van der Waals surface area contributed by atoms with Crippen molar-refractivity contribution in [1.82, 2.24) is 4.90 Å². The average Bonchev–Trinajstić information content (AvgIpc) is 2.92. The van der Waals surface area contributed by atoms with Crippen LogP contribution in [0.3, 0.4) is 0 Å². The molecule has 2 aromatic carbocycles. The largest absolute Gasteiger partial charge is 0.493 e. The summed E-state index contributed by atoms with van der Waals surface area (Å²) in [6.07, 6.45) is 3.34. The number of ether oxygens (including phenoxy) is 6. The zero-order chi connectivity index (χ0) is 27.1. The minimum absolute atomic E-state index is 0.0121. The van der Waals surface area contributed by atoms with Gasteiger partial charge < -0.3 is 28.4 Å². The summed E-state index contributed by atoms with van der Waals surface area (Å²) in [6, 6.07) is 6.74. The molecule has 37 heavy (non-hydrogen) atoms. The van der Waals surface area contributed by atoms with Gasteiger partial charge in [0.1, 0.15) is 0 Å². The Morgan fingerprint density at radius 3 is 1.24 bits per heavy atom. The Balaban J connectivity index is 1.74. The van der Waals surface area contributed by atoms with Crippen molar-refractivity contribution < 1.29 is 38.0 Å². The zero-order valence-corrected chi connectivity index (χ0v) is 22.7. The number of likely N-dealkylation sites (tertiary alicyclic amines) is 1. The Bertz CT molecular complexity index is 980. The molecule has 0 amide bonds. The zero-order valence-electron chi connectivity index (χ0n) is 22.7. The van der Waals surface area contributed by atoms with Crippen molar-refractivity contribution >= 4 is 11.6 Å². The van der Waals surface area contributed by atoms with Crippen LogP contribution in [0.25, 0.3) is 0 Å². The normalized spacial score (nSPS) is 17.6. The summed E-state index contributed by atoms with van der Waals surface area (Å²) in [5, 5.41) is 0. The number of carbonyl (C=O) groups excluding carboxylic acids is 2. The van der Waals surface area contributed by atoms with Crippen LogP contribution in [0.2, 0.25) is 0 Å². The van der Waals surface area contributed by atoms with E-state index in [2.05, 4.69) is 4.90 Å². The van der Waals surface area contributed by atoms with Crippen LogP contribution in [0.1, 0.15) is 52.8 Å². The summed E-state index contributed by atoms with van der Waals surface area (Å²) in [4.78, 5) is 28.7. The van der Waals surface area contributed by atoms with Gasteiger partial charge in [0.2, 0.25) is 11.5 Å². The number of Topliss-reactive ketones (excluding diaryl/α,β-unsaturated/α-hetero) is 2. The maximum atomic E-state index is 13.3. The summed E-state index contributed by atoms with van der Waals surface area (Å²) in [5.74, 6) is 2.61. The number of hydrogen-bond donors (Lipinski definition) is 0. The van der Waals surface area contributed by atoms with Gasteiger partial charge >= 0.3 is 0 Å². The molecule has 9 nitrogen and oxygen atoms in total. The fraction of sp³-hybridized carbons (Fsp3) is 0.500. The van der Waals surface area contributed by atoms with Crippen LogP contribution in [-0.2, 0) is 0 Å². The fourth-order valence-electron chi connectivity index (χ4n) is 4.93. The van der Waals surface area contributed by atoms with Gasteiger partial charge in [-0.3, -0.25) is 14.5 Å². The van der Waals surface area contributed by atoms with Gasteiger partial charge in [-0.2, -0.15) is 0 Å². The van der Waals surface area contributed by atoms with E-state index in [1.54, 1.807) is 24.3 Å². The highest BCUT2D eigenvalue weighted by Crippen LogP contribution is 2.40. The third kappa shape index (κ3) is 6.10. The molecule has 1 aliphatic rings. The lowest BCUT2D eigenvalue weighted by molar-refractivity contribution is 0.0723. The van der Waals surface area contributed by atoms with E-state index in [0.717, 1.165) is 19.3 Å². The predicted molar refractivity (Wildman–Crippen MR) is 139 cm³/mol. The van der Waals surface area contributed by atoms with Crippen LogP contribution in [0.4, 0.5) is 0 Å². The van der Waals surface area contributed by atoms with Gasteiger partial charge in [-0.1, -0.05) is 6.42 Å². The van der Waals surface area contributed by atoms with Crippen molar-refractivity contribution in [3.05, 3.63) is 35.4 Å². The average molecular weight is 516 g/mol. The molecule has 0 spiro atoms. The highest BCUT2D eigenvalue weighted by atomic mass is 16.5. The number of hydrogen-bond acceptors (Lipinski definition) is 9. The first-order valence-corrected chi connectivity index (χ1v) is 12.2. The van der Waals surface area contributed by atoms with Gasteiger partial charge in [-0.25, -0.2) is 0 Å². The molecule has 0 radical (unpaired) electrons. The molecule has 0 unspecified atom stereocenters. The molecule has 0 bridgehead atoms. The summed E-state index contributed by atoms with van der Waals surface area (Å²) in [7, 11) is 11.1. The second-order valence-corrected chi connectivity index (χ2v) is 8.99. The highest BCUT2D eigenvalue weighted by molar-refractivity contribution is 5.98. The molecular weight excluding hydrogens is 478 g/mol. The molecule has 2 atom stereocenters. The summed E-state index contributed by atoms with van der Waals surface area (Å²) < 4.78 is 32.3. The van der Waals surface area contributed by atoms with Crippen LogP contribution in [0, 0.1) is 0 Å². The molecule has 9 heteroatoms. The van der Waals surface area contributed by atoms with Crippen LogP contribution in [-0.4, -0.2) is 78.3 Å². The van der Waals surface area contributed by atoms with E-state index < -0.39 is 0 Å². The molecule has 0 N–H and O–H groups in total. The van der Waals surface area contributed by atoms with Gasteiger partial charge in [0.05, 0.1) is 42.7 Å². The van der Waals surface area contributed by atoms with Crippen LogP contribution in [0.5, 0.6) is 34.5 Å². The van der Waals surface area contributed by atoms with E-state index >= 15 is 0 Å². The van der Waals surface area contributed by atoms with Crippen molar-refractivity contribution in [2.45, 2.75) is 44.2 Å². The van der Waals surface area contributed by atoms with Gasteiger partial charge in [-0.15, -0.1) is 0 Å². The first-order valence-electron chi connectivity index (χ1n) is 12.2. The molecule has 3 rings (SSSR count). The van der Waals surface area contributed by atoms with Crippen LogP contribution < -0.4 is 28.4 Å². The van der Waals surface area contributed by atoms with E-state index in [-0.39, 0.29) is 23.7 Å². The summed E-state index contributed by atoms with van der Waals surface area (Å²) in [6.45, 7) is 0. The summed E-state index contributed by atoms with van der Waals surface area (Å²) in [5.41, 5.74) is 0.997. The molecule has 0 aliphatic carbocycles. The number of rotatable bonds is 12. The second kappa shape index (κ2) is 12.7. The molecule has 1 heterocycles. The van der Waals surface area contributed by atoms with Gasteiger partial charge in [0.15, 0.2) is 34.6 Å². The van der Waals surface area contributed by atoms with Crippen LogP contribution >= 0.6 is 0 Å². The van der Waals surface area contributed by atoms with Crippen molar-refractivity contribution in [3.63, 3.8) is 0 Å². The molecular formula is C28H37NO8. The molecule has 202 valence electrons. The van der Waals surface area contributed by atoms with E-state index in [9.17, 15) is 9.59 Å². The number of nitrogens with zero attached hydrogens (tertiary/aromatic N) is 1. The Morgan fingerprint density at radius 2 is 0.973 bits per heavy atom. The molecule has 2 aromatic rings. The van der Waals surface area contributed by atoms with E-state index in [1.807, 2.05) is 7.05 Å². The lowest BCUT2D eigenvalue weighted by atomic mass is 9.88. The lowest BCUT2D eigenvalue weighted by Crippen LogP contribution is -2.45. The number of ketones is 2. The number of methoxy groups -OCH3 is 6. The maximum absolute atomic E-state index is 13.3. The van der Waals surface area contributed by atoms with Crippen molar-refractivity contribution in [2.75, 3.05) is 49.7 Å². The van der Waals surface area contributed by atoms with Crippen molar-refractivity contribution in [1.29, 1.82) is 0 Å². The Labute approximate surface area is 218 Å². The Hall–Kier alpha value is -3.46. The molecule has 0 saturated carbocycles. The molecule has 1 aliphatic heterocycles. The highest BCUT2D eigenvalue weighted by Gasteiger charge is 2.32. The second-order valence-electron chi connectivity index (χ2n) is 8.99. The van der Waals surface area contributed by atoms with E-state index in [0.29, 0.717) is 58.5 Å². The smallest absolute Gasteiger partial charge is 0.203 e. The number of carbonyl (C=O) groups is 2. The Kier molecular flexibility index (Phi) is 9.63. The van der Waals surface area contributed by atoms with Gasteiger partial charge in [0, 0.05) is 36.1 Å². The van der Waals surface area contributed by atoms with Crippen molar-refractivity contribution in [2.24, 2.45) is 0 Å². The van der Waals surface area contributed by atoms with Crippen LogP contribution in [0.15, 0.2) is 24.3 Å². The van der Waals surface area contributed by atoms with Crippen molar-refractivity contribution in [3.8, 4) is 34.5 Å². The predicted octanol–water partition coefficient (Wildman–Crippen LogP) is 4.44. The van der Waals surface area contributed by atoms with Gasteiger partial charge in [-0.05, 0) is 44.2 Å². The SMILES string of the molecule is COc1cc(C(=O)C[C@H]2CCC[C@H](CC(=O)c3cc(OC)c(OC)c(OC)c3)N2C)cc(OC)c1OC. The molecule has 1 saturated heterocycles. The van der Waals surface area contributed by atoms with E-state index in [1.165, 1.54) is 42.7 Å². The molecule has 0 aromatic heterocycles.